The summed E-state index contributed by atoms with van der Waals surface area (Å²) in [6, 6.07) is 6.43. The molecule has 1 aromatic rings. The molecule has 0 bridgehead atoms. The van der Waals surface area contributed by atoms with Gasteiger partial charge < -0.3 is 15.9 Å². The molecule has 0 saturated carbocycles. The number of benzene rings is 1. The van der Waals surface area contributed by atoms with Crippen LogP contribution in [0.3, 0.4) is 0 Å². The lowest BCUT2D eigenvalue weighted by Gasteiger charge is -2.45. The third kappa shape index (κ3) is 1.68. The van der Waals surface area contributed by atoms with Crippen molar-refractivity contribution in [1.82, 2.24) is 10.2 Å². The summed E-state index contributed by atoms with van der Waals surface area (Å²) in [6.07, 6.45) is -1.93. The number of rotatable bonds is 1. The lowest BCUT2D eigenvalue weighted by molar-refractivity contribution is -0.0879. The minimum Gasteiger partial charge on any atom is -0.379 e. The Morgan fingerprint density at radius 1 is 1.20 bits per heavy atom. The van der Waals surface area contributed by atoms with Gasteiger partial charge in [-0.25, -0.2) is 0 Å². The minimum absolute atomic E-state index is 0.119. The molecule has 0 spiro atoms. The van der Waals surface area contributed by atoms with Crippen LogP contribution in [0.2, 0.25) is 0 Å². The fourth-order valence-electron chi connectivity index (χ4n) is 2.72. The van der Waals surface area contributed by atoms with E-state index in [-0.39, 0.29) is 24.0 Å². The number of piperidine rings is 1. The van der Waals surface area contributed by atoms with Gasteiger partial charge in [0.05, 0.1) is 11.1 Å². The number of hydrogen-bond acceptors (Lipinski definition) is 6. The molecule has 106 valence electrons. The highest BCUT2D eigenvalue weighted by molar-refractivity contribution is 6.21. The maximum atomic E-state index is 12.4. The Kier molecular flexibility index (Phi) is 2.87. The summed E-state index contributed by atoms with van der Waals surface area (Å²) in [7, 11) is 0. The summed E-state index contributed by atoms with van der Waals surface area (Å²) >= 11 is 0. The van der Waals surface area contributed by atoms with E-state index in [1.165, 1.54) is 0 Å². The Morgan fingerprint density at radius 2 is 1.75 bits per heavy atom. The average Bonchev–Trinajstić information content (AvgIpc) is 2.68. The lowest BCUT2D eigenvalue weighted by Crippen LogP contribution is -2.72. The van der Waals surface area contributed by atoms with Crippen molar-refractivity contribution in [2.45, 2.75) is 31.0 Å². The second-order valence-electron chi connectivity index (χ2n) is 5.11. The second-order valence-corrected chi connectivity index (χ2v) is 5.11. The number of amides is 2. The van der Waals surface area contributed by atoms with Gasteiger partial charge in [0.15, 0.2) is 0 Å². The number of fused-ring (bicyclic) bond motifs is 1. The topological polar surface area (TPSA) is 116 Å². The maximum absolute atomic E-state index is 12.4. The monoisotopic (exact) mass is 277 g/mol. The van der Waals surface area contributed by atoms with Gasteiger partial charge in [0, 0.05) is 0 Å². The summed E-state index contributed by atoms with van der Waals surface area (Å²) in [5.41, 5.74) is 5.08. The van der Waals surface area contributed by atoms with Crippen LogP contribution < -0.4 is 11.1 Å². The lowest BCUT2D eigenvalue weighted by atomic mass is 9.95. The number of carbonyl (C=O) groups is 2. The molecule has 3 rings (SSSR count). The van der Waals surface area contributed by atoms with Gasteiger partial charge in [-0.05, 0) is 25.0 Å². The van der Waals surface area contributed by atoms with Gasteiger partial charge in [-0.1, -0.05) is 12.1 Å². The van der Waals surface area contributed by atoms with Gasteiger partial charge in [-0.2, -0.15) is 0 Å². The van der Waals surface area contributed by atoms with Gasteiger partial charge >= 0.3 is 0 Å². The van der Waals surface area contributed by atoms with Crippen molar-refractivity contribution < 1.29 is 19.8 Å². The van der Waals surface area contributed by atoms with Gasteiger partial charge in [-0.15, -0.1) is 0 Å². The van der Waals surface area contributed by atoms with Crippen LogP contribution in [-0.2, 0) is 0 Å². The molecular formula is C13H15N3O4. The van der Waals surface area contributed by atoms with E-state index in [1.807, 2.05) is 0 Å². The molecule has 5 N–H and O–H groups in total. The van der Waals surface area contributed by atoms with E-state index in [0.717, 1.165) is 4.90 Å². The van der Waals surface area contributed by atoms with E-state index in [2.05, 4.69) is 5.32 Å². The molecule has 0 aliphatic carbocycles. The Morgan fingerprint density at radius 3 is 2.25 bits per heavy atom. The fourth-order valence-corrected chi connectivity index (χ4v) is 2.72. The van der Waals surface area contributed by atoms with Crippen LogP contribution in [0.1, 0.15) is 33.6 Å². The molecule has 0 aromatic heterocycles. The molecule has 2 amide bonds. The smallest absolute Gasteiger partial charge is 0.263 e. The van der Waals surface area contributed by atoms with E-state index in [9.17, 15) is 19.8 Å². The highest BCUT2D eigenvalue weighted by atomic mass is 16.3. The quantitative estimate of drug-likeness (QED) is 0.487. The molecule has 2 aliphatic heterocycles. The number of hydrogen-bond donors (Lipinski definition) is 4. The van der Waals surface area contributed by atoms with Gasteiger partial charge in [0.1, 0.15) is 18.1 Å². The standard InChI is InChI=1S/C13H15N3O4/c14-13(6-5-9(17)15-12(13)20)16-10(18)7-3-1-2-4-8(7)11(16)19/h1-4,9,12,15,17,20H,5-6,14H2. The van der Waals surface area contributed by atoms with Crippen molar-refractivity contribution in [1.29, 1.82) is 0 Å². The third-order valence-corrected chi connectivity index (χ3v) is 3.85. The predicted octanol–water partition coefficient (Wildman–Crippen LogP) is -1.04. The maximum Gasteiger partial charge on any atom is 0.263 e. The molecule has 1 fully saturated rings. The summed E-state index contributed by atoms with van der Waals surface area (Å²) in [5.74, 6) is -1.05. The first-order chi connectivity index (χ1) is 9.45. The molecule has 2 aliphatic rings. The van der Waals surface area contributed by atoms with Crippen molar-refractivity contribution in [2.75, 3.05) is 0 Å². The SMILES string of the molecule is NC1(N2C(=O)c3ccccc3C2=O)CCC(O)NC1O. The van der Waals surface area contributed by atoms with Crippen LogP contribution in [0.25, 0.3) is 0 Å². The van der Waals surface area contributed by atoms with Crippen molar-refractivity contribution in [3.8, 4) is 0 Å². The Labute approximate surface area is 115 Å². The summed E-state index contributed by atoms with van der Waals surface area (Å²) < 4.78 is 0. The van der Waals surface area contributed by atoms with Crippen LogP contribution in [0.15, 0.2) is 24.3 Å². The molecule has 1 aromatic carbocycles. The number of aliphatic hydroxyl groups excluding tert-OH is 2. The fraction of sp³-hybridized carbons (Fsp3) is 0.385. The molecule has 3 atom stereocenters. The van der Waals surface area contributed by atoms with E-state index < -0.39 is 29.9 Å². The molecule has 7 nitrogen and oxygen atoms in total. The molecule has 20 heavy (non-hydrogen) atoms. The highest BCUT2D eigenvalue weighted by Gasteiger charge is 2.52. The summed E-state index contributed by atoms with van der Waals surface area (Å²) in [4.78, 5) is 25.6. The summed E-state index contributed by atoms with van der Waals surface area (Å²) in [6.45, 7) is 0. The van der Waals surface area contributed by atoms with E-state index in [0.29, 0.717) is 0 Å². The Bertz CT molecular complexity index is 556. The molecule has 1 saturated heterocycles. The second kappa shape index (κ2) is 4.35. The van der Waals surface area contributed by atoms with E-state index in [1.54, 1.807) is 24.3 Å². The third-order valence-electron chi connectivity index (χ3n) is 3.85. The van der Waals surface area contributed by atoms with Crippen molar-refractivity contribution in [3.05, 3.63) is 35.4 Å². The molecular weight excluding hydrogens is 262 g/mol. The minimum atomic E-state index is -1.56. The zero-order chi connectivity index (χ0) is 14.5. The first-order valence-corrected chi connectivity index (χ1v) is 6.34. The largest absolute Gasteiger partial charge is 0.379 e. The van der Waals surface area contributed by atoms with Crippen LogP contribution in [-0.4, -0.2) is 45.0 Å². The first-order valence-electron chi connectivity index (χ1n) is 6.34. The number of aliphatic hydroxyl groups is 2. The Balaban J connectivity index is 2.00. The average molecular weight is 277 g/mol. The van der Waals surface area contributed by atoms with Crippen molar-refractivity contribution in [3.63, 3.8) is 0 Å². The van der Waals surface area contributed by atoms with Gasteiger partial charge in [0.2, 0.25) is 0 Å². The van der Waals surface area contributed by atoms with Crippen molar-refractivity contribution >= 4 is 11.8 Å². The zero-order valence-electron chi connectivity index (χ0n) is 10.6. The summed E-state index contributed by atoms with van der Waals surface area (Å²) in [5, 5.41) is 21.9. The van der Waals surface area contributed by atoms with Crippen LogP contribution in [0.4, 0.5) is 0 Å². The first kappa shape index (κ1) is 13.2. The van der Waals surface area contributed by atoms with E-state index in [4.69, 9.17) is 5.73 Å². The molecule has 2 heterocycles. The Hall–Kier alpha value is -1.80. The van der Waals surface area contributed by atoms with Crippen LogP contribution in [0.5, 0.6) is 0 Å². The normalized spacial score (nSPS) is 33.5. The highest BCUT2D eigenvalue weighted by Crippen LogP contribution is 2.32. The van der Waals surface area contributed by atoms with E-state index >= 15 is 0 Å². The van der Waals surface area contributed by atoms with Gasteiger partial charge in [0.25, 0.3) is 11.8 Å². The van der Waals surface area contributed by atoms with Gasteiger partial charge in [-0.3, -0.25) is 19.8 Å². The number of carbonyl (C=O) groups excluding carboxylic acids is 2. The molecule has 3 unspecified atom stereocenters. The molecule has 0 radical (unpaired) electrons. The van der Waals surface area contributed by atoms with Crippen molar-refractivity contribution in [2.24, 2.45) is 5.73 Å². The zero-order valence-corrected chi connectivity index (χ0v) is 10.6. The predicted molar refractivity (Wildman–Crippen MR) is 68.2 cm³/mol. The van der Waals surface area contributed by atoms with Crippen LogP contribution >= 0.6 is 0 Å². The number of imide groups is 1. The van der Waals surface area contributed by atoms with Crippen LogP contribution in [0, 0.1) is 0 Å². The number of nitrogens with zero attached hydrogens (tertiary/aromatic N) is 1. The molecule has 7 heteroatoms. The number of nitrogens with two attached hydrogens (primary N) is 1. The number of nitrogens with one attached hydrogen (secondary N) is 1.